The molecule has 5 nitrogen and oxygen atoms in total. The summed E-state index contributed by atoms with van der Waals surface area (Å²) in [6, 6.07) is 8.93. The van der Waals surface area contributed by atoms with Crippen molar-refractivity contribution < 1.29 is 9.47 Å². The molecule has 1 atom stereocenters. The summed E-state index contributed by atoms with van der Waals surface area (Å²) >= 11 is 0. The van der Waals surface area contributed by atoms with Crippen molar-refractivity contribution in [2.24, 2.45) is 0 Å². The zero-order valence-corrected chi connectivity index (χ0v) is 14.6. The van der Waals surface area contributed by atoms with Crippen molar-refractivity contribution in [1.82, 2.24) is 14.5 Å². The first-order valence-corrected chi connectivity index (χ1v) is 8.67. The molecule has 1 aliphatic heterocycles. The quantitative estimate of drug-likeness (QED) is 0.782. The number of nitrogens with zero attached hydrogens (tertiary/aromatic N) is 3. The number of methoxy groups -OCH3 is 2. The lowest BCUT2D eigenvalue weighted by atomic mass is 9.95. The van der Waals surface area contributed by atoms with Gasteiger partial charge in [-0.1, -0.05) is 18.6 Å². The Hall–Kier alpha value is -1.85. The summed E-state index contributed by atoms with van der Waals surface area (Å²) in [4.78, 5) is 6.89. The average molecular weight is 329 g/mol. The first-order valence-electron chi connectivity index (χ1n) is 8.67. The number of piperidine rings is 1. The van der Waals surface area contributed by atoms with Crippen LogP contribution in [-0.4, -0.2) is 41.8 Å². The number of hydrogen-bond acceptors (Lipinski definition) is 4. The fourth-order valence-electron chi connectivity index (χ4n) is 3.49. The maximum Gasteiger partial charge on any atom is 0.119 e. The maximum atomic E-state index is 5.40. The Labute approximate surface area is 144 Å². The van der Waals surface area contributed by atoms with Crippen molar-refractivity contribution in [3.8, 4) is 5.75 Å². The Morgan fingerprint density at radius 3 is 3.00 bits per heavy atom. The molecular formula is C19H27N3O2. The van der Waals surface area contributed by atoms with Gasteiger partial charge in [0.1, 0.15) is 5.75 Å². The van der Waals surface area contributed by atoms with Crippen LogP contribution in [0.1, 0.15) is 36.6 Å². The second-order valence-corrected chi connectivity index (χ2v) is 6.33. The van der Waals surface area contributed by atoms with Crippen LogP contribution in [0.4, 0.5) is 0 Å². The number of likely N-dealkylation sites (tertiary alicyclic amines) is 1. The van der Waals surface area contributed by atoms with Gasteiger partial charge in [-0.3, -0.25) is 4.90 Å². The Balaban J connectivity index is 1.76. The normalized spacial score (nSPS) is 18.7. The van der Waals surface area contributed by atoms with Gasteiger partial charge in [-0.2, -0.15) is 0 Å². The summed E-state index contributed by atoms with van der Waals surface area (Å²) in [5.74, 6) is 0.933. The molecule has 2 aromatic rings. The number of hydrogen-bond donors (Lipinski definition) is 0. The molecule has 2 heterocycles. The highest BCUT2D eigenvalue weighted by Gasteiger charge is 2.25. The Morgan fingerprint density at radius 2 is 2.17 bits per heavy atom. The third-order valence-corrected chi connectivity index (χ3v) is 4.79. The number of benzene rings is 1. The van der Waals surface area contributed by atoms with Gasteiger partial charge in [0.2, 0.25) is 0 Å². The van der Waals surface area contributed by atoms with E-state index < -0.39 is 0 Å². The summed E-state index contributed by atoms with van der Waals surface area (Å²) in [5, 5.41) is 0. The lowest BCUT2D eigenvalue weighted by molar-refractivity contribution is 0.134. The summed E-state index contributed by atoms with van der Waals surface area (Å²) in [6.07, 6.45) is 7.61. The molecule has 0 N–H and O–H groups in total. The molecule has 1 fully saturated rings. The van der Waals surface area contributed by atoms with Gasteiger partial charge in [0.25, 0.3) is 0 Å². The molecule has 1 aromatic carbocycles. The van der Waals surface area contributed by atoms with Gasteiger partial charge in [-0.15, -0.1) is 0 Å². The predicted octanol–water partition coefficient (Wildman–Crippen LogP) is 3.27. The van der Waals surface area contributed by atoms with E-state index in [4.69, 9.17) is 9.47 Å². The molecule has 0 aliphatic carbocycles. The van der Waals surface area contributed by atoms with E-state index in [0.717, 1.165) is 25.4 Å². The van der Waals surface area contributed by atoms with E-state index in [1.54, 1.807) is 14.2 Å². The standard InChI is InChI=1S/C19H27N3O2/c1-23-11-10-22-15-20-13-17(22)14-21-9-4-3-8-19(21)16-6-5-7-18(12-16)24-2/h5-7,12-13,15,19H,3-4,8-11,14H2,1-2H3/t19-/m0/s1. The predicted molar refractivity (Wildman–Crippen MR) is 94.1 cm³/mol. The van der Waals surface area contributed by atoms with Crippen LogP contribution >= 0.6 is 0 Å². The average Bonchev–Trinajstić information content (AvgIpc) is 3.07. The fourth-order valence-corrected chi connectivity index (χ4v) is 3.49. The molecule has 1 saturated heterocycles. The van der Waals surface area contributed by atoms with Crippen LogP contribution in [0.5, 0.6) is 5.75 Å². The van der Waals surface area contributed by atoms with Gasteiger partial charge in [0.05, 0.1) is 25.7 Å². The SMILES string of the molecule is COCCn1cncc1CN1CCCC[C@H]1c1cccc(OC)c1. The fraction of sp³-hybridized carbons (Fsp3) is 0.526. The van der Waals surface area contributed by atoms with Gasteiger partial charge in [0, 0.05) is 32.4 Å². The zero-order chi connectivity index (χ0) is 16.8. The van der Waals surface area contributed by atoms with Crippen LogP contribution < -0.4 is 4.74 Å². The molecule has 3 rings (SSSR count). The third-order valence-electron chi connectivity index (χ3n) is 4.79. The molecule has 0 bridgehead atoms. The van der Waals surface area contributed by atoms with Crippen LogP contribution in [0.3, 0.4) is 0 Å². The highest BCUT2D eigenvalue weighted by atomic mass is 16.5. The van der Waals surface area contributed by atoms with Crippen LogP contribution in [0, 0.1) is 0 Å². The molecule has 0 amide bonds. The van der Waals surface area contributed by atoms with Crippen LogP contribution in [-0.2, 0) is 17.8 Å². The van der Waals surface area contributed by atoms with Crippen LogP contribution in [0.2, 0.25) is 0 Å². The van der Waals surface area contributed by atoms with Crippen molar-refractivity contribution in [2.75, 3.05) is 27.4 Å². The minimum Gasteiger partial charge on any atom is -0.497 e. The molecule has 0 unspecified atom stereocenters. The van der Waals surface area contributed by atoms with Crippen LogP contribution in [0.15, 0.2) is 36.8 Å². The van der Waals surface area contributed by atoms with E-state index in [1.807, 2.05) is 18.6 Å². The smallest absolute Gasteiger partial charge is 0.119 e. The van der Waals surface area contributed by atoms with Gasteiger partial charge in [-0.05, 0) is 37.1 Å². The van der Waals surface area contributed by atoms with Crippen molar-refractivity contribution in [1.29, 1.82) is 0 Å². The van der Waals surface area contributed by atoms with Gasteiger partial charge < -0.3 is 14.0 Å². The van der Waals surface area contributed by atoms with E-state index in [9.17, 15) is 0 Å². The molecule has 0 spiro atoms. The number of ether oxygens (including phenoxy) is 2. The lowest BCUT2D eigenvalue weighted by Crippen LogP contribution is -2.33. The van der Waals surface area contributed by atoms with Crippen molar-refractivity contribution >= 4 is 0 Å². The van der Waals surface area contributed by atoms with E-state index >= 15 is 0 Å². The third kappa shape index (κ3) is 3.97. The molecule has 0 radical (unpaired) electrons. The summed E-state index contributed by atoms with van der Waals surface area (Å²) in [7, 11) is 3.46. The van der Waals surface area contributed by atoms with Crippen molar-refractivity contribution in [2.45, 2.75) is 38.4 Å². The number of aromatic nitrogens is 2. The largest absolute Gasteiger partial charge is 0.497 e. The van der Waals surface area contributed by atoms with Crippen molar-refractivity contribution in [3.05, 3.63) is 48.0 Å². The number of rotatable bonds is 7. The molecule has 130 valence electrons. The summed E-state index contributed by atoms with van der Waals surface area (Å²) < 4.78 is 12.8. The van der Waals surface area contributed by atoms with Crippen LogP contribution in [0.25, 0.3) is 0 Å². The maximum absolute atomic E-state index is 5.40. The van der Waals surface area contributed by atoms with Gasteiger partial charge >= 0.3 is 0 Å². The Kier molecular flexibility index (Phi) is 5.88. The van der Waals surface area contributed by atoms with Crippen molar-refractivity contribution in [3.63, 3.8) is 0 Å². The van der Waals surface area contributed by atoms with E-state index in [1.165, 1.54) is 30.5 Å². The summed E-state index contributed by atoms with van der Waals surface area (Å²) in [6.45, 7) is 3.61. The van der Waals surface area contributed by atoms with E-state index in [0.29, 0.717) is 12.6 Å². The molecular weight excluding hydrogens is 302 g/mol. The van der Waals surface area contributed by atoms with Gasteiger partial charge in [-0.25, -0.2) is 4.98 Å². The highest BCUT2D eigenvalue weighted by molar-refractivity contribution is 5.31. The molecule has 1 aromatic heterocycles. The zero-order valence-electron chi connectivity index (χ0n) is 14.6. The topological polar surface area (TPSA) is 39.5 Å². The second kappa shape index (κ2) is 8.31. The monoisotopic (exact) mass is 329 g/mol. The minimum atomic E-state index is 0.444. The van der Waals surface area contributed by atoms with E-state index in [-0.39, 0.29) is 0 Å². The molecule has 0 saturated carbocycles. The lowest BCUT2D eigenvalue weighted by Gasteiger charge is -2.36. The first kappa shape index (κ1) is 17.0. The minimum absolute atomic E-state index is 0.444. The summed E-state index contributed by atoms with van der Waals surface area (Å²) in [5.41, 5.74) is 2.60. The number of imidazole rings is 1. The molecule has 24 heavy (non-hydrogen) atoms. The molecule has 5 heteroatoms. The van der Waals surface area contributed by atoms with E-state index in [2.05, 4.69) is 32.7 Å². The van der Waals surface area contributed by atoms with Gasteiger partial charge in [0.15, 0.2) is 0 Å². The Morgan fingerprint density at radius 1 is 1.25 bits per heavy atom. The highest BCUT2D eigenvalue weighted by Crippen LogP contribution is 2.33. The Bertz CT molecular complexity index is 641. The second-order valence-electron chi connectivity index (χ2n) is 6.33. The molecule has 1 aliphatic rings. The first-order chi connectivity index (χ1) is 11.8.